The van der Waals surface area contributed by atoms with Gasteiger partial charge in [0.25, 0.3) is 5.91 Å². The van der Waals surface area contributed by atoms with Gasteiger partial charge in [0.2, 0.25) is 0 Å². The van der Waals surface area contributed by atoms with E-state index >= 15 is 0 Å². The van der Waals surface area contributed by atoms with Crippen molar-refractivity contribution in [3.05, 3.63) is 34.9 Å². The Morgan fingerprint density at radius 3 is 2.90 bits per heavy atom. The van der Waals surface area contributed by atoms with E-state index in [0.29, 0.717) is 23.7 Å². The Morgan fingerprint density at radius 2 is 2.14 bits per heavy atom. The van der Waals surface area contributed by atoms with Gasteiger partial charge in [0, 0.05) is 30.0 Å². The van der Waals surface area contributed by atoms with Crippen LogP contribution >= 0.6 is 11.6 Å². The fraction of sp³-hybridized carbons (Fsp3) is 0.562. The zero-order chi connectivity index (χ0) is 14.7. The summed E-state index contributed by atoms with van der Waals surface area (Å²) < 4.78 is 11.9. The normalized spacial score (nSPS) is 24.1. The van der Waals surface area contributed by atoms with Crippen molar-refractivity contribution >= 4 is 17.5 Å². The number of ether oxygens (including phenoxy) is 2. The smallest absolute Gasteiger partial charge is 0.251 e. The van der Waals surface area contributed by atoms with Crippen molar-refractivity contribution < 1.29 is 14.3 Å². The minimum absolute atomic E-state index is 0.0637. The number of amides is 1. The first-order valence-corrected chi connectivity index (χ1v) is 7.90. The third kappa shape index (κ3) is 3.57. The van der Waals surface area contributed by atoms with Gasteiger partial charge >= 0.3 is 0 Å². The molecule has 0 unspecified atom stereocenters. The Hall–Kier alpha value is -1.10. The molecule has 1 aromatic rings. The first-order chi connectivity index (χ1) is 10.2. The second-order valence-corrected chi connectivity index (χ2v) is 6.18. The number of carbonyl (C=O) groups is 1. The first kappa shape index (κ1) is 14.8. The van der Waals surface area contributed by atoms with Crippen LogP contribution in [0.4, 0.5) is 0 Å². The van der Waals surface area contributed by atoms with Crippen LogP contribution in [-0.2, 0) is 9.47 Å². The summed E-state index contributed by atoms with van der Waals surface area (Å²) in [5, 5.41) is 3.45. The molecule has 1 aromatic carbocycles. The molecule has 1 atom stereocenters. The van der Waals surface area contributed by atoms with Gasteiger partial charge in [-0.15, -0.1) is 0 Å². The second-order valence-electron chi connectivity index (χ2n) is 5.74. The monoisotopic (exact) mass is 309 g/mol. The van der Waals surface area contributed by atoms with Crippen LogP contribution in [0.2, 0.25) is 5.02 Å². The van der Waals surface area contributed by atoms with Crippen molar-refractivity contribution in [2.75, 3.05) is 13.2 Å². The molecule has 1 heterocycles. The number of halogens is 1. The van der Waals surface area contributed by atoms with E-state index in [-0.39, 0.29) is 17.8 Å². The van der Waals surface area contributed by atoms with Gasteiger partial charge in [0.05, 0.1) is 6.61 Å². The van der Waals surface area contributed by atoms with Crippen LogP contribution in [0.15, 0.2) is 24.3 Å². The predicted octanol–water partition coefficient (Wildman–Crippen LogP) is 3.15. The van der Waals surface area contributed by atoms with Crippen LogP contribution in [0.1, 0.15) is 42.5 Å². The van der Waals surface area contributed by atoms with Crippen LogP contribution in [0, 0.1) is 0 Å². The number of carbonyl (C=O) groups excluding carboxylic acids is 1. The number of benzene rings is 1. The Labute approximate surface area is 129 Å². The molecule has 2 aliphatic rings. The first-order valence-electron chi connectivity index (χ1n) is 7.52. The molecule has 3 rings (SSSR count). The van der Waals surface area contributed by atoms with Gasteiger partial charge in [-0.3, -0.25) is 4.79 Å². The maximum Gasteiger partial charge on any atom is 0.251 e. The van der Waals surface area contributed by atoms with Gasteiger partial charge < -0.3 is 14.8 Å². The fourth-order valence-electron chi connectivity index (χ4n) is 3.01. The Morgan fingerprint density at radius 1 is 1.33 bits per heavy atom. The Bertz CT molecular complexity index is 514. The van der Waals surface area contributed by atoms with Crippen LogP contribution in [-0.4, -0.2) is 30.9 Å². The largest absolute Gasteiger partial charge is 0.349 e. The third-order valence-corrected chi connectivity index (χ3v) is 4.34. The highest BCUT2D eigenvalue weighted by Gasteiger charge is 2.42. The zero-order valence-corrected chi connectivity index (χ0v) is 12.7. The van der Waals surface area contributed by atoms with E-state index in [1.807, 2.05) is 0 Å². The van der Waals surface area contributed by atoms with Gasteiger partial charge in [0.1, 0.15) is 6.10 Å². The molecular weight excluding hydrogens is 290 g/mol. The molecule has 1 amide bonds. The molecule has 1 saturated carbocycles. The molecule has 21 heavy (non-hydrogen) atoms. The molecule has 114 valence electrons. The number of rotatable bonds is 3. The van der Waals surface area contributed by atoms with Gasteiger partial charge in [0.15, 0.2) is 5.79 Å². The minimum Gasteiger partial charge on any atom is -0.349 e. The Kier molecular flexibility index (Phi) is 4.48. The molecular formula is C16H20ClNO3. The SMILES string of the molecule is O=C(NC[C@H]1COC2(CCCCC2)O1)c1cccc(Cl)c1. The van der Waals surface area contributed by atoms with Crippen molar-refractivity contribution in [2.24, 2.45) is 0 Å². The van der Waals surface area contributed by atoms with Gasteiger partial charge in [-0.1, -0.05) is 24.1 Å². The molecule has 0 radical (unpaired) electrons. The summed E-state index contributed by atoms with van der Waals surface area (Å²) in [6, 6.07) is 6.92. The van der Waals surface area contributed by atoms with E-state index in [2.05, 4.69) is 5.32 Å². The molecule has 2 fully saturated rings. The molecule has 0 aromatic heterocycles. The third-order valence-electron chi connectivity index (χ3n) is 4.11. The van der Waals surface area contributed by atoms with E-state index in [0.717, 1.165) is 25.7 Å². The molecule has 1 aliphatic carbocycles. The summed E-state index contributed by atoms with van der Waals surface area (Å²) in [5.74, 6) is -0.519. The minimum atomic E-state index is -0.385. The van der Waals surface area contributed by atoms with Gasteiger partial charge in [-0.05, 0) is 31.0 Å². The summed E-state index contributed by atoms with van der Waals surface area (Å²) in [6.07, 6.45) is 5.43. The Balaban J connectivity index is 1.51. The average Bonchev–Trinajstić information content (AvgIpc) is 2.88. The van der Waals surface area contributed by atoms with Gasteiger partial charge in [-0.25, -0.2) is 0 Å². The molecule has 1 aliphatic heterocycles. The number of hydrogen-bond donors (Lipinski definition) is 1. The molecule has 0 bridgehead atoms. The van der Waals surface area contributed by atoms with Gasteiger partial charge in [-0.2, -0.15) is 0 Å². The zero-order valence-electron chi connectivity index (χ0n) is 11.9. The lowest BCUT2D eigenvalue weighted by molar-refractivity contribution is -0.186. The molecule has 1 saturated heterocycles. The lowest BCUT2D eigenvalue weighted by atomic mass is 9.94. The highest BCUT2D eigenvalue weighted by Crippen LogP contribution is 2.37. The standard InChI is InChI=1S/C16H20ClNO3/c17-13-6-4-5-12(9-13)15(19)18-10-14-11-20-16(21-14)7-2-1-3-8-16/h4-6,9,14H,1-3,7-8,10-11H2,(H,18,19)/t14-/m0/s1. The summed E-state index contributed by atoms with van der Waals surface area (Å²) in [7, 11) is 0. The molecule has 1 spiro atoms. The second kappa shape index (κ2) is 6.34. The lowest BCUT2D eigenvalue weighted by Gasteiger charge is -2.31. The van der Waals surface area contributed by atoms with Crippen LogP contribution in [0.25, 0.3) is 0 Å². The summed E-state index contributed by atoms with van der Waals surface area (Å²) in [5.41, 5.74) is 0.564. The van der Waals surface area contributed by atoms with Crippen LogP contribution in [0.5, 0.6) is 0 Å². The number of nitrogens with one attached hydrogen (secondary N) is 1. The predicted molar refractivity (Wildman–Crippen MR) is 80.4 cm³/mol. The maximum absolute atomic E-state index is 12.1. The average molecular weight is 310 g/mol. The number of hydrogen-bond acceptors (Lipinski definition) is 3. The van der Waals surface area contributed by atoms with Crippen molar-refractivity contribution in [3.63, 3.8) is 0 Å². The van der Waals surface area contributed by atoms with E-state index in [1.165, 1.54) is 6.42 Å². The molecule has 4 nitrogen and oxygen atoms in total. The van der Waals surface area contributed by atoms with Crippen LogP contribution < -0.4 is 5.32 Å². The quantitative estimate of drug-likeness (QED) is 0.933. The van der Waals surface area contributed by atoms with E-state index in [4.69, 9.17) is 21.1 Å². The van der Waals surface area contributed by atoms with Crippen molar-refractivity contribution in [2.45, 2.75) is 44.0 Å². The van der Waals surface area contributed by atoms with Crippen molar-refractivity contribution in [3.8, 4) is 0 Å². The van der Waals surface area contributed by atoms with E-state index in [1.54, 1.807) is 24.3 Å². The maximum atomic E-state index is 12.1. The summed E-state index contributed by atoms with van der Waals surface area (Å²) in [6.45, 7) is 1.02. The highest BCUT2D eigenvalue weighted by molar-refractivity contribution is 6.30. The summed E-state index contributed by atoms with van der Waals surface area (Å²) >= 11 is 5.89. The van der Waals surface area contributed by atoms with Crippen molar-refractivity contribution in [1.29, 1.82) is 0 Å². The van der Waals surface area contributed by atoms with E-state index in [9.17, 15) is 4.79 Å². The van der Waals surface area contributed by atoms with Crippen LogP contribution in [0.3, 0.4) is 0 Å². The topological polar surface area (TPSA) is 47.6 Å². The lowest BCUT2D eigenvalue weighted by Crippen LogP contribution is -2.37. The van der Waals surface area contributed by atoms with E-state index < -0.39 is 0 Å². The van der Waals surface area contributed by atoms with Crippen molar-refractivity contribution in [1.82, 2.24) is 5.32 Å². The summed E-state index contributed by atoms with van der Waals surface area (Å²) in [4.78, 5) is 12.1. The molecule has 5 heteroatoms. The fourth-order valence-corrected chi connectivity index (χ4v) is 3.20. The molecule has 1 N–H and O–H groups in total. The highest BCUT2D eigenvalue weighted by atomic mass is 35.5.